The van der Waals surface area contributed by atoms with E-state index in [2.05, 4.69) is 20.6 Å². The lowest BCUT2D eigenvalue weighted by Gasteiger charge is -2.20. The zero-order chi connectivity index (χ0) is 27.1. The molecular weight excluding hydrogens is 493 g/mol. The van der Waals surface area contributed by atoms with Gasteiger partial charge in [0.25, 0.3) is 5.56 Å². The highest BCUT2D eigenvalue weighted by atomic mass is 19.4. The quantitative estimate of drug-likeness (QED) is 0.466. The monoisotopic (exact) mass is 518 g/mol. The van der Waals surface area contributed by atoms with Crippen molar-refractivity contribution in [2.75, 3.05) is 23.7 Å². The number of fused-ring (bicyclic) bond motifs is 1. The molecule has 1 aliphatic rings. The molecule has 1 fully saturated rings. The van der Waals surface area contributed by atoms with Crippen LogP contribution in [-0.2, 0) is 18.0 Å². The minimum Gasteiger partial charge on any atom is -0.465 e. The summed E-state index contributed by atoms with van der Waals surface area (Å²) in [5.41, 5.74) is -0.231. The van der Waals surface area contributed by atoms with Gasteiger partial charge in [-0.15, -0.1) is 0 Å². The number of alkyl halides is 3. The molecule has 0 aliphatic carbocycles. The fourth-order valence-electron chi connectivity index (χ4n) is 4.52. The van der Waals surface area contributed by atoms with Crippen molar-refractivity contribution in [3.8, 4) is 0 Å². The van der Waals surface area contributed by atoms with Gasteiger partial charge in [-0.2, -0.15) is 13.2 Å². The van der Waals surface area contributed by atoms with Crippen molar-refractivity contribution in [3.63, 3.8) is 0 Å². The van der Waals surface area contributed by atoms with Crippen LogP contribution >= 0.6 is 0 Å². The number of anilines is 2. The topological polar surface area (TPSA) is 129 Å². The molecule has 0 bridgehead atoms. The second kappa shape index (κ2) is 9.71. The number of hydrogen-bond acceptors (Lipinski definition) is 6. The first-order valence-electron chi connectivity index (χ1n) is 11.4. The van der Waals surface area contributed by atoms with Gasteiger partial charge in [-0.05, 0) is 43.2 Å². The van der Waals surface area contributed by atoms with Gasteiger partial charge >= 0.3 is 12.3 Å². The van der Waals surface area contributed by atoms with Gasteiger partial charge in [0.15, 0.2) is 0 Å². The first-order chi connectivity index (χ1) is 17.3. The molecule has 2 aromatic heterocycles. The maximum atomic E-state index is 13.5. The zero-order valence-electron chi connectivity index (χ0n) is 20.3. The molecule has 4 rings (SSSR count). The minimum atomic E-state index is -4.62. The molecule has 2 unspecified atom stereocenters. The molecule has 3 aromatic rings. The van der Waals surface area contributed by atoms with E-state index in [0.29, 0.717) is 35.4 Å². The van der Waals surface area contributed by atoms with Gasteiger partial charge in [0, 0.05) is 44.2 Å². The van der Waals surface area contributed by atoms with Crippen LogP contribution in [0.25, 0.3) is 11.0 Å². The number of carboxylic acid groups (broad SMARTS) is 1. The van der Waals surface area contributed by atoms with Gasteiger partial charge in [0.2, 0.25) is 5.91 Å². The summed E-state index contributed by atoms with van der Waals surface area (Å²) >= 11 is 0. The molecule has 0 saturated carbocycles. The fraction of sp³-hybridized carbons (Fsp3) is 0.375. The van der Waals surface area contributed by atoms with Crippen LogP contribution in [-0.4, -0.2) is 49.6 Å². The Kier molecular flexibility index (Phi) is 6.80. The zero-order valence-corrected chi connectivity index (χ0v) is 20.3. The number of nitrogens with zero attached hydrogens (tertiary/aromatic N) is 4. The molecule has 37 heavy (non-hydrogen) atoms. The molecule has 1 saturated heterocycles. The highest BCUT2D eigenvalue weighted by Gasteiger charge is 2.32. The summed E-state index contributed by atoms with van der Waals surface area (Å²) < 4.78 is 41.9. The number of hydrogen-bond donors (Lipinski definition) is 3. The predicted octanol–water partition coefficient (Wildman–Crippen LogP) is 3.95. The van der Waals surface area contributed by atoms with Crippen LogP contribution in [0.1, 0.15) is 48.9 Å². The number of nitrogens with one attached hydrogen (secondary N) is 2. The fourth-order valence-corrected chi connectivity index (χ4v) is 4.52. The molecule has 2 atom stereocenters. The van der Waals surface area contributed by atoms with Crippen molar-refractivity contribution in [3.05, 3.63) is 57.6 Å². The van der Waals surface area contributed by atoms with E-state index in [1.165, 1.54) is 28.8 Å². The van der Waals surface area contributed by atoms with Crippen molar-refractivity contribution in [1.82, 2.24) is 19.4 Å². The molecule has 0 radical (unpaired) electrons. The van der Waals surface area contributed by atoms with Crippen molar-refractivity contribution < 1.29 is 27.9 Å². The Hall–Kier alpha value is -4.16. The van der Waals surface area contributed by atoms with Crippen LogP contribution in [0.4, 0.5) is 29.5 Å². The molecule has 10 nitrogen and oxygen atoms in total. The number of amides is 2. The number of halogens is 3. The molecule has 13 heteroatoms. The maximum absolute atomic E-state index is 13.5. The average Bonchev–Trinajstić information content (AvgIpc) is 3.31. The van der Waals surface area contributed by atoms with Gasteiger partial charge in [-0.1, -0.05) is 0 Å². The van der Waals surface area contributed by atoms with Crippen LogP contribution in [0.3, 0.4) is 0 Å². The van der Waals surface area contributed by atoms with Gasteiger partial charge < -0.3 is 20.6 Å². The van der Waals surface area contributed by atoms with E-state index >= 15 is 0 Å². The molecule has 3 N–H and O–H groups in total. The standard InChI is InChI=1S/C24H25F3N6O4/c1-12(15-6-16(24(25,26)27)8-17(7-15)31-13(2)34)30-20-19-9-18(14-4-5-33(10-14)23(36)37)22(35)32(3)21(19)29-11-28-20/h6-9,11-12,14H,4-5,10H2,1-3H3,(H,31,34)(H,36,37)(H,28,29,30). The molecular formula is C24H25F3N6O4. The van der Waals surface area contributed by atoms with E-state index in [4.69, 9.17) is 0 Å². The molecule has 196 valence electrons. The lowest BCUT2D eigenvalue weighted by molar-refractivity contribution is -0.137. The summed E-state index contributed by atoms with van der Waals surface area (Å²) in [4.78, 5) is 45.5. The van der Waals surface area contributed by atoms with Gasteiger partial charge in [0.1, 0.15) is 17.8 Å². The third kappa shape index (κ3) is 5.34. The van der Waals surface area contributed by atoms with Crippen LogP contribution in [0.2, 0.25) is 0 Å². The van der Waals surface area contributed by atoms with E-state index < -0.39 is 29.8 Å². The number of aryl methyl sites for hydroxylation is 1. The van der Waals surface area contributed by atoms with Gasteiger partial charge in [0.05, 0.1) is 17.0 Å². The molecule has 2 amide bonds. The van der Waals surface area contributed by atoms with Gasteiger partial charge in [-0.3, -0.25) is 14.2 Å². The summed E-state index contributed by atoms with van der Waals surface area (Å²) in [5.74, 6) is -0.524. The number of carbonyl (C=O) groups excluding carboxylic acids is 1. The van der Waals surface area contributed by atoms with Crippen LogP contribution in [0, 0.1) is 0 Å². The largest absolute Gasteiger partial charge is 0.465 e. The molecule has 1 aromatic carbocycles. The first kappa shape index (κ1) is 25.9. The third-order valence-corrected chi connectivity index (χ3v) is 6.39. The highest BCUT2D eigenvalue weighted by molar-refractivity contribution is 5.89. The summed E-state index contributed by atoms with van der Waals surface area (Å²) in [5, 5.41) is 15.2. The number of pyridine rings is 1. The van der Waals surface area contributed by atoms with Crippen molar-refractivity contribution >= 4 is 34.5 Å². The Morgan fingerprint density at radius 2 is 1.92 bits per heavy atom. The Labute approximate surface area is 209 Å². The predicted molar refractivity (Wildman–Crippen MR) is 130 cm³/mol. The SMILES string of the molecule is CC(=O)Nc1cc(C(C)Nc2ncnc3c2cc(C2CCN(C(=O)O)C2)c(=O)n3C)cc(C(F)(F)F)c1. The van der Waals surface area contributed by atoms with Crippen molar-refractivity contribution in [2.45, 2.75) is 38.4 Å². The lowest BCUT2D eigenvalue weighted by Crippen LogP contribution is -2.28. The summed E-state index contributed by atoms with van der Waals surface area (Å²) in [7, 11) is 1.55. The molecule has 0 spiro atoms. The minimum absolute atomic E-state index is 0.00687. The number of likely N-dealkylation sites (tertiary alicyclic amines) is 1. The average molecular weight is 518 g/mol. The Bertz CT molecular complexity index is 1440. The van der Waals surface area contributed by atoms with Gasteiger partial charge in [-0.25, -0.2) is 14.8 Å². The van der Waals surface area contributed by atoms with Crippen LogP contribution < -0.4 is 16.2 Å². The number of rotatable bonds is 5. The number of carbonyl (C=O) groups is 2. The van der Waals surface area contributed by atoms with E-state index in [0.717, 1.165) is 12.1 Å². The normalized spacial score (nSPS) is 16.6. The van der Waals surface area contributed by atoms with Crippen molar-refractivity contribution in [2.24, 2.45) is 7.05 Å². The second-order valence-electron chi connectivity index (χ2n) is 9.03. The van der Waals surface area contributed by atoms with Crippen molar-refractivity contribution in [1.29, 1.82) is 0 Å². The summed E-state index contributed by atoms with van der Waals surface area (Å²) in [6.45, 7) is 3.34. The Morgan fingerprint density at radius 3 is 2.54 bits per heavy atom. The summed E-state index contributed by atoms with van der Waals surface area (Å²) in [6, 6.07) is 4.24. The smallest absolute Gasteiger partial charge is 0.416 e. The lowest BCUT2D eigenvalue weighted by atomic mass is 9.98. The third-order valence-electron chi connectivity index (χ3n) is 6.39. The van der Waals surface area contributed by atoms with E-state index in [-0.39, 0.29) is 29.3 Å². The molecule has 3 heterocycles. The Balaban J connectivity index is 1.73. The van der Waals surface area contributed by atoms with Crippen LogP contribution in [0.15, 0.2) is 35.4 Å². The first-order valence-corrected chi connectivity index (χ1v) is 11.4. The Morgan fingerprint density at radius 1 is 1.19 bits per heavy atom. The van der Waals surface area contributed by atoms with E-state index in [1.807, 2.05) is 0 Å². The maximum Gasteiger partial charge on any atom is 0.416 e. The summed E-state index contributed by atoms with van der Waals surface area (Å²) in [6.07, 6.45) is -3.95. The number of aromatic nitrogens is 3. The number of benzene rings is 1. The molecule has 1 aliphatic heterocycles. The highest BCUT2D eigenvalue weighted by Crippen LogP contribution is 2.35. The van der Waals surface area contributed by atoms with E-state index in [9.17, 15) is 32.7 Å². The second-order valence-corrected chi connectivity index (χ2v) is 9.03. The van der Waals surface area contributed by atoms with E-state index in [1.54, 1.807) is 20.0 Å². The van der Waals surface area contributed by atoms with Crippen LogP contribution in [0.5, 0.6) is 0 Å².